The van der Waals surface area contributed by atoms with Crippen LogP contribution in [0.25, 0.3) is 21.3 Å². The number of aryl methyl sites for hydroxylation is 1. The molecule has 2 heterocycles. The molecule has 1 aromatic carbocycles. The number of rotatable bonds is 1. The van der Waals surface area contributed by atoms with Crippen molar-refractivity contribution in [1.29, 1.82) is 0 Å². The predicted molar refractivity (Wildman–Crippen MR) is 73.2 cm³/mol. The van der Waals surface area contributed by atoms with Crippen molar-refractivity contribution in [3.63, 3.8) is 0 Å². The Hall–Kier alpha value is -2.14. The van der Waals surface area contributed by atoms with Crippen molar-refractivity contribution in [2.24, 2.45) is 0 Å². The number of fused-ring (bicyclic) bond motifs is 1. The average Bonchev–Trinajstić information content (AvgIpc) is 2.74. The lowest BCUT2D eigenvalue weighted by molar-refractivity contribution is 1.09. The summed E-state index contributed by atoms with van der Waals surface area (Å²) in [6, 6.07) is 7.94. The zero-order valence-corrected chi connectivity index (χ0v) is 10.4. The van der Waals surface area contributed by atoms with E-state index < -0.39 is 5.69 Å². The van der Waals surface area contributed by atoms with Crippen LogP contribution in [0.1, 0.15) is 5.56 Å². The number of hydrogen-bond donors (Lipinski definition) is 2. The Kier molecular flexibility index (Phi) is 2.41. The van der Waals surface area contributed by atoms with E-state index in [1.165, 1.54) is 16.9 Å². The highest BCUT2D eigenvalue weighted by Gasteiger charge is 2.10. The third kappa shape index (κ3) is 1.69. The van der Waals surface area contributed by atoms with Crippen molar-refractivity contribution in [3.05, 3.63) is 56.0 Å². The number of H-pyrrole nitrogens is 2. The maximum absolute atomic E-state index is 11.9. The number of nitrogens with one attached hydrogen (secondary N) is 2. The van der Waals surface area contributed by atoms with Gasteiger partial charge in [-0.05, 0) is 12.5 Å². The van der Waals surface area contributed by atoms with Gasteiger partial charge in [0.1, 0.15) is 4.83 Å². The Bertz CT molecular complexity index is 825. The molecule has 0 saturated heterocycles. The monoisotopic (exact) mass is 258 g/mol. The van der Waals surface area contributed by atoms with Crippen molar-refractivity contribution in [2.45, 2.75) is 6.92 Å². The van der Waals surface area contributed by atoms with Crippen molar-refractivity contribution in [1.82, 2.24) is 9.97 Å². The Morgan fingerprint density at radius 1 is 1.06 bits per heavy atom. The van der Waals surface area contributed by atoms with Gasteiger partial charge in [0, 0.05) is 10.9 Å². The molecule has 5 heteroatoms. The quantitative estimate of drug-likeness (QED) is 0.703. The maximum Gasteiger partial charge on any atom is 0.326 e. The number of aromatic amines is 2. The lowest BCUT2D eigenvalue weighted by atomic mass is 10.1. The number of thiophene rings is 1. The molecular weight excluding hydrogens is 248 g/mol. The summed E-state index contributed by atoms with van der Waals surface area (Å²) in [5.41, 5.74) is 2.19. The van der Waals surface area contributed by atoms with Gasteiger partial charge in [-0.2, -0.15) is 0 Å². The SMILES string of the molecule is Cc1ccc(-c2csc3[nH]c(=O)[nH]c(=O)c23)cc1. The fraction of sp³-hybridized carbons (Fsp3) is 0.0769. The largest absolute Gasteiger partial charge is 0.326 e. The molecule has 2 aromatic heterocycles. The summed E-state index contributed by atoms with van der Waals surface area (Å²) in [4.78, 5) is 28.6. The number of aromatic nitrogens is 2. The molecule has 0 atom stereocenters. The molecule has 0 unspecified atom stereocenters. The standard InChI is InChI=1S/C13H10N2O2S/c1-7-2-4-8(5-3-7)9-6-18-12-10(9)11(16)14-13(17)15-12/h2-6H,1H3,(H2,14,15,16,17). The first kappa shape index (κ1) is 11.0. The van der Waals surface area contributed by atoms with Gasteiger partial charge in [-0.25, -0.2) is 4.79 Å². The molecule has 0 spiro atoms. The highest BCUT2D eigenvalue weighted by atomic mass is 32.1. The summed E-state index contributed by atoms with van der Waals surface area (Å²) in [5.74, 6) is 0. The summed E-state index contributed by atoms with van der Waals surface area (Å²) < 4.78 is 0. The minimum atomic E-state index is -0.468. The van der Waals surface area contributed by atoms with Gasteiger partial charge in [-0.1, -0.05) is 29.8 Å². The second-order valence-corrected chi connectivity index (χ2v) is 5.01. The van der Waals surface area contributed by atoms with Gasteiger partial charge in [0.15, 0.2) is 0 Å². The second kappa shape index (κ2) is 3.96. The van der Waals surface area contributed by atoms with Crippen LogP contribution in [0.4, 0.5) is 0 Å². The molecule has 18 heavy (non-hydrogen) atoms. The first-order valence-electron chi connectivity index (χ1n) is 5.46. The van der Waals surface area contributed by atoms with E-state index in [2.05, 4.69) is 9.97 Å². The fourth-order valence-electron chi connectivity index (χ4n) is 1.92. The van der Waals surface area contributed by atoms with Crippen LogP contribution in [0.2, 0.25) is 0 Å². The Balaban J connectivity index is 2.34. The molecule has 90 valence electrons. The molecule has 0 aliphatic heterocycles. The zero-order valence-electron chi connectivity index (χ0n) is 9.61. The van der Waals surface area contributed by atoms with E-state index in [-0.39, 0.29) is 5.56 Å². The van der Waals surface area contributed by atoms with E-state index in [1.54, 1.807) is 0 Å². The average molecular weight is 258 g/mol. The van der Waals surface area contributed by atoms with E-state index in [1.807, 2.05) is 36.6 Å². The van der Waals surface area contributed by atoms with Gasteiger partial charge < -0.3 is 0 Å². The summed E-state index contributed by atoms with van der Waals surface area (Å²) in [7, 11) is 0. The summed E-state index contributed by atoms with van der Waals surface area (Å²) >= 11 is 1.37. The third-order valence-corrected chi connectivity index (χ3v) is 3.73. The normalized spacial score (nSPS) is 10.9. The van der Waals surface area contributed by atoms with Crippen LogP contribution < -0.4 is 11.2 Å². The molecule has 0 radical (unpaired) electrons. The minimum Gasteiger partial charge on any atom is -0.298 e. The predicted octanol–water partition coefficient (Wildman–Crippen LogP) is 2.25. The highest BCUT2D eigenvalue weighted by molar-refractivity contribution is 7.17. The van der Waals surface area contributed by atoms with Gasteiger partial charge in [0.25, 0.3) is 5.56 Å². The molecule has 0 aliphatic rings. The lowest BCUT2D eigenvalue weighted by Gasteiger charge is -1.99. The molecular formula is C13H10N2O2S. The van der Waals surface area contributed by atoms with Gasteiger partial charge >= 0.3 is 5.69 Å². The van der Waals surface area contributed by atoms with E-state index in [9.17, 15) is 9.59 Å². The van der Waals surface area contributed by atoms with Crippen LogP contribution in [-0.2, 0) is 0 Å². The van der Waals surface area contributed by atoms with E-state index in [0.29, 0.717) is 10.2 Å². The van der Waals surface area contributed by atoms with Crippen LogP contribution in [0, 0.1) is 6.92 Å². The van der Waals surface area contributed by atoms with Crippen LogP contribution >= 0.6 is 11.3 Å². The molecule has 0 fully saturated rings. The van der Waals surface area contributed by atoms with Crippen LogP contribution in [0.3, 0.4) is 0 Å². The van der Waals surface area contributed by atoms with Crippen LogP contribution in [0.5, 0.6) is 0 Å². The van der Waals surface area contributed by atoms with E-state index in [4.69, 9.17) is 0 Å². The smallest absolute Gasteiger partial charge is 0.298 e. The highest BCUT2D eigenvalue weighted by Crippen LogP contribution is 2.29. The number of benzene rings is 1. The molecule has 4 nitrogen and oxygen atoms in total. The van der Waals surface area contributed by atoms with Crippen molar-refractivity contribution in [3.8, 4) is 11.1 Å². The molecule has 0 aliphatic carbocycles. The number of hydrogen-bond acceptors (Lipinski definition) is 3. The van der Waals surface area contributed by atoms with Gasteiger partial charge in [-0.15, -0.1) is 11.3 Å². The molecule has 0 amide bonds. The van der Waals surface area contributed by atoms with Crippen LogP contribution in [-0.4, -0.2) is 9.97 Å². The Morgan fingerprint density at radius 3 is 2.50 bits per heavy atom. The maximum atomic E-state index is 11.9. The van der Waals surface area contributed by atoms with Gasteiger partial charge in [0.2, 0.25) is 0 Å². The summed E-state index contributed by atoms with van der Waals surface area (Å²) in [6.45, 7) is 2.01. The van der Waals surface area contributed by atoms with Crippen molar-refractivity contribution < 1.29 is 0 Å². The Labute approximate surface area is 106 Å². The second-order valence-electron chi connectivity index (χ2n) is 4.13. The summed E-state index contributed by atoms with van der Waals surface area (Å²) in [5, 5.41) is 2.43. The van der Waals surface area contributed by atoms with Crippen molar-refractivity contribution in [2.75, 3.05) is 0 Å². The fourth-order valence-corrected chi connectivity index (χ4v) is 2.88. The molecule has 0 bridgehead atoms. The zero-order chi connectivity index (χ0) is 12.7. The third-order valence-electron chi connectivity index (χ3n) is 2.83. The first-order valence-corrected chi connectivity index (χ1v) is 6.34. The Morgan fingerprint density at radius 2 is 1.78 bits per heavy atom. The summed E-state index contributed by atoms with van der Waals surface area (Å²) in [6.07, 6.45) is 0. The minimum absolute atomic E-state index is 0.342. The van der Waals surface area contributed by atoms with Gasteiger partial charge in [0.05, 0.1) is 5.39 Å². The van der Waals surface area contributed by atoms with Crippen LogP contribution in [0.15, 0.2) is 39.2 Å². The van der Waals surface area contributed by atoms with Gasteiger partial charge in [-0.3, -0.25) is 14.8 Å². The molecule has 0 saturated carbocycles. The molecule has 2 N–H and O–H groups in total. The first-order chi connectivity index (χ1) is 8.65. The molecule has 3 rings (SSSR count). The molecule has 3 aromatic rings. The van der Waals surface area contributed by atoms with E-state index >= 15 is 0 Å². The lowest BCUT2D eigenvalue weighted by Crippen LogP contribution is -2.21. The topological polar surface area (TPSA) is 65.7 Å². The van der Waals surface area contributed by atoms with E-state index in [0.717, 1.165) is 11.1 Å². The van der Waals surface area contributed by atoms with Crippen molar-refractivity contribution >= 4 is 21.6 Å².